The molecule has 7 heteroatoms. The Morgan fingerprint density at radius 2 is 1.90 bits per heavy atom. The molecule has 4 nitrogen and oxygen atoms in total. The summed E-state index contributed by atoms with van der Waals surface area (Å²) in [6.45, 7) is 6.42. The number of nitrogens with one attached hydrogen (secondary N) is 2. The van der Waals surface area contributed by atoms with Gasteiger partial charge in [0, 0.05) is 18.5 Å². The van der Waals surface area contributed by atoms with Crippen molar-refractivity contribution in [2.24, 2.45) is 0 Å². The van der Waals surface area contributed by atoms with E-state index in [1.165, 1.54) is 6.07 Å². The number of carbonyl (C=O) groups is 1. The molecule has 0 radical (unpaired) electrons. The number of pyridine rings is 1. The zero-order chi connectivity index (χ0) is 15.4. The summed E-state index contributed by atoms with van der Waals surface area (Å²) in [5.41, 5.74) is -0.820. The first-order valence-electron chi connectivity index (χ1n) is 6.16. The van der Waals surface area contributed by atoms with Crippen LogP contribution in [0.5, 0.6) is 0 Å². The predicted octanol–water partition coefficient (Wildman–Crippen LogP) is 2.82. The molecule has 0 aliphatic rings. The molecular formula is C13H18F3N3O. The average molecular weight is 289 g/mol. The SMILES string of the molecule is CC(C)(C)NCCC(=O)Nc1ccc(C(F)(F)F)nc1. The Labute approximate surface area is 115 Å². The highest BCUT2D eigenvalue weighted by Crippen LogP contribution is 2.27. The van der Waals surface area contributed by atoms with Gasteiger partial charge in [-0.1, -0.05) is 0 Å². The quantitative estimate of drug-likeness (QED) is 0.896. The molecule has 112 valence electrons. The van der Waals surface area contributed by atoms with Crippen molar-refractivity contribution < 1.29 is 18.0 Å². The van der Waals surface area contributed by atoms with Crippen LogP contribution in [0.1, 0.15) is 32.9 Å². The lowest BCUT2D eigenvalue weighted by molar-refractivity contribution is -0.141. The fourth-order valence-electron chi connectivity index (χ4n) is 1.41. The first-order valence-corrected chi connectivity index (χ1v) is 6.16. The Hall–Kier alpha value is -1.63. The maximum Gasteiger partial charge on any atom is 0.433 e. The lowest BCUT2D eigenvalue weighted by Crippen LogP contribution is -2.37. The predicted molar refractivity (Wildman–Crippen MR) is 70.2 cm³/mol. The molecule has 20 heavy (non-hydrogen) atoms. The van der Waals surface area contributed by atoms with Crippen LogP contribution >= 0.6 is 0 Å². The van der Waals surface area contributed by atoms with Crippen LogP contribution in [0.3, 0.4) is 0 Å². The molecule has 1 rings (SSSR count). The van der Waals surface area contributed by atoms with Crippen molar-refractivity contribution in [3.8, 4) is 0 Å². The van der Waals surface area contributed by atoms with E-state index in [9.17, 15) is 18.0 Å². The lowest BCUT2D eigenvalue weighted by Gasteiger charge is -2.20. The molecule has 2 N–H and O–H groups in total. The van der Waals surface area contributed by atoms with E-state index < -0.39 is 11.9 Å². The van der Waals surface area contributed by atoms with Crippen LogP contribution in [-0.4, -0.2) is 23.0 Å². The fourth-order valence-corrected chi connectivity index (χ4v) is 1.41. The molecule has 0 saturated carbocycles. The summed E-state index contributed by atoms with van der Waals surface area (Å²) >= 11 is 0. The third-order valence-electron chi connectivity index (χ3n) is 2.35. The van der Waals surface area contributed by atoms with Gasteiger partial charge in [-0.05, 0) is 32.9 Å². The second-order valence-corrected chi connectivity index (χ2v) is 5.40. The average Bonchev–Trinajstić information content (AvgIpc) is 2.26. The topological polar surface area (TPSA) is 54.0 Å². The van der Waals surface area contributed by atoms with Gasteiger partial charge in [0.05, 0.1) is 11.9 Å². The molecule has 0 saturated heterocycles. The molecule has 0 bridgehead atoms. The number of carbonyl (C=O) groups excluding carboxylic acids is 1. The molecule has 0 atom stereocenters. The number of amides is 1. The van der Waals surface area contributed by atoms with Crippen LogP contribution in [0.25, 0.3) is 0 Å². The van der Waals surface area contributed by atoms with E-state index in [1.54, 1.807) is 0 Å². The normalized spacial score (nSPS) is 12.3. The van der Waals surface area contributed by atoms with Gasteiger partial charge in [-0.15, -0.1) is 0 Å². The van der Waals surface area contributed by atoms with Crippen LogP contribution in [0.15, 0.2) is 18.3 Å². The summed E-state index contributed by atoms with van der Waals surface area (Å²) in [4.78, 5) is 14.8. The Morgan fingerprint density at radius 3 is 2.35 bits per heavy atom. The molecule has 0 aliphatic carbocycles. The highest BCUT2D eigenvalue weighted by atomic mass is 19.4. The van der Waals surface area contributed by atoms with Crippen molar-refractivity contribution in [1.29, 1.82) is 0 Å². The molecule has 0 aromatic carbocycles. The van der Waals surface area contributed by atoms with Crippen molar-refractivity contribution in [3.63, 3.8) is 0 Å². The van der Waals surface area contributed by atoms with Crippen LogP contribution in [0.4, 0.5) is 18.9 Å². The number of rotatable bonds is 4. The van der Waals surface area contributed by atoms with Gasteiger partial charge >= 0.3 is 6.18 Å². The number of halogens is 3. The summed E-state index contributed by atoms with van der Waals surface area (Å²) in [6.07, 6.45) is -3.24. The molecule has 1 heterocycles. The Kier molecular flexibility index (Phi) is 5.10. The van der Waals surface area contributed by atoms with Gasteiger partial charge in [0.25, 0.3) is 0 Å². The number of alkyl halides is 3. The van der Waals surface area contributed by atoms with Gasteiger partial charge in [0.15, 0.2) is 0 Å². The van der Waals surface area contributed by atoms with Crippen LogP contribution in [0, 0.1) is 0 Å². The number of nitrogens with zero attached hydrogens (tertiary/aromatic N) is 1. The summed E-state index contributed by atoms with van der Waals surface area (Å²) in [5, 5.41) is 5.64. The molecule has 1 amide bonds. The van der Waals surface area contributed by atoms with E-state index in [-0.39, 0.29) is 23.6 Å². The van der Waals surface area contributed by atoms with Crippen LogP contribution in [0.2, 0.25) is 0 Å². The van der Waals surface area contributed by atoms with Crippen LogP contribution in [-0.2, 0) is 11.0 Å². The molecule has 1 aromatic rings. The van der Waals surface area contributed by atoms with Crippen molar-refractivity contribution in [1.82, 2.24) is 10.3 Å². The number of hydrogen-bond acceptors (Lipinski definition) is 3. The Balaban J connectivity index is 2.47. The molecule has 0 aliphatic heterocycles. The number of anilines is 1. The van der Waals surface area contributed by atoms with E-state index in [4.69, 9.17) is 0 Å². The van der Waals surface area contributed by atoms with Gasteiger partial charge in [0.2, 0.25) is 5.91 Å². The summed E-state index contributed by atoms with van der Waals surface area (Å²) in [7, 11) is 0. The van der Waals surface area contributed by atoms with Crippen molar-refractivity contribution >= 4 is 11.6 Å². The smallest absolute Gasteiger partial charge is 0.325 e. The second kappa shape index (κ2) is 6.21. The number of hydrogen-bond donors (Lipinski definition) is 2. The van der Waals surface area contributed by atoms with E-state index in [0.29, 0.717) is 6.54 Å². The van der Waals surface area contributed by atoms with E-state index in [2.05, 4.69) is 15.6 Å². The molecule has 0 fully saturated rings. The largest absolute Gasteiger partial charge is 0.433 e. The highest BCUT2D eigenvalue weighted by molar-refractivity contribution is 5.90. The van der Waals surface area contributed by atoms with Crippen LogP contribution < -0.4 is 10.6 Å². The van der Waals surface area contributed by atoms with Crippen molar-refractivity contribution in [2.45, 2.75) is 38.9 Å². The maximum absolute atomic E-state index is 12.3. The minimum Gasteiger partial charge on any atom is -0.325 e. The third-order valence-corrected chi connectivity index (χ3v) is 2.35. The third kappa shape index (κ3) is 6.01. The molecule has 0 unspecified atom stereocenters. The zero-order valence-corrected chi connectivity index (χ0v) is 11.6. The van der Waals surface area contributed by atoms with E-state index in [1.807, 2.05) is 20.8 Å². The minimum absolute atomic E-state index is 0.0871. The first-order chi connectivity index (χ1) is 9.08. The minimum atomic E-state index is -4.47. The fraction of sp³-hybridized carbons (Fsp3) is 0.538. The Morgan fingerprint density at radius 1 is 1.25 bits per heavy atom. The summed E-state index contributed by atoms with van der Waals surface area (Å²) in [6, 6.07) is 2.02. The van der Waals surface area contributed by atoms with Gasteiger partial charge in [0.1, 0.15) is 5.69 Å². The monoisotopic (exact) mass is 289 g/mol. The highest BCUT2D eigenvalue weighted by Gasteiger charge is 2.32. The van der Waals surface area contributed by atoms with Gasteiger partial charge < -0.3 is 10.6 Å². The van der Waals surface area contributed by atoms with Crippen molar-refractivity contribution in [2.75, 3.05) is 11.9 Å². The lowest BCUT2D eigenvalue weighted by atomic mass is 10.1. The van der Waals surface area contributed by atoms with Gasteiger partial charge in [-0.2, -0.15) is 13.2 Å². The standard InChI is InChI=1S/C13H18F3N3O/c1-12(2,3)18-7-6-11(20)19-9-4-5-10(17-8-9)13(14,15)16/h4-5,8,18H,6-7H2,1-3H3,(H,19,20). The number of aromatic nitrogens is 1. The maximum atomic E-state index is 12.3. The Bertz CT molecular complexity index is 449. The van der Waals surface area contributed by atoms with Gasteiger partial charge in [-0.25, -0.2) is 4.98 Å². The van der Waals surface area contributed by atoms with E-state index in [0.717, 1.165) is 12.3 Å². The van der Waals surface area contributed by atoms with Gasteiger partial charge in [-0.3, -0.25) is 4.79 Å². The molecule has 1 aromatic heterocycles. The van der Waals surface area contributed by atoms with Crippen molar-refractivity contribution in [3.05, 3.63) is 24.0 Å². The molecular weight excluding hydrogens is 271 g/mol. The first kappa shape index (κ1) is 16.4. The van der Waals surface area contributed by atoms with E-state index >= 15 is 0 Å². The summed E-state index contributed by atoms with van der Waals surface area (Å²) in [5.74, 6) is -0.275. The molecule has 0 spiro atoms. The zero-order valence-electron chi connectivity index (χ0n) is 11.6. The summed E-state index contributed by atoms with van der Waals surface area (Å²) < 4.78 is 36.9. The second-order valence-electron chi connectivity index (χ2n) is 5.40.